The van der Waals surface area contributed by atoms with E-state index in [1.165, 1.54) is 61.0 Å². The molecule has 492 valence electrons. The summed E-state index contributed by atoms with van der Waals surface area (Å²) in [5, 5.41) is 20.4. The van der Waals surface area contributed by atoms with Gasteiger partial charge in [0.25, 0.3) is 0 Å². The highest BCUT2D eigenvalue weighted by molar-refractivity contribution is 7.98. The first kappa shape index (κ1) is 70.9. The maximum absolute atomic E-state index is 13.8. The van der Waals surface area contributed by atoms with Gasteiger partial charge in [0.1, 0.15) is 46.3 Å². The minimum atomic E-state index is -4.76. The van der Waals surface area contributed by atoms with Gasteiger partial charge in [0, 0.05) is 81.7 Å². The summed E-state index contributed by atoms with van der Waals surface area (Å²) < 4.78 is 245. The van der Waals surface area contributed by atoms with Crippen molar-refractivity contribution in [2.45, 2.75) is 176 Å². The highest BCUT2D eigenvalue weighted by Crippen LogP contribution is 2.55. The van der Waals surface area contributed by atoms with Crippen molar-refractivity contribution in [3.8, 4) is 23.0 Å². The topological polar surface area (TPSA) is 102 Å². The van der Waals surface area contributed by atoms with E-state index in [0.717, 1.165) is 34.7 Å². The molecule has 8 nitrogen and oxygen atoms in total. The third-order valence-electron chi connectivity index (χ3n) is 16.7. The van der Waals surface area contributed by atoms with Crippen molar-refractivity contribution in [3.05, 3.63) is 116 Å². The summed E-state index contributed by atoms with van der Waals surface area (Å²) in [6.45, 7) is 13.9. The van der Waals surface area contributed by atoms with Crippen LogP contribution in [0.1, 0.15) is 126 Å². The summed E-state index contributed by atoms with van der Waals surface area (Å²) in [6, 6.07) is 10.4. The van der Waals surface area contributed by atoms with Crippen LogP contribution in [0, 0.1) is 23.3 Å². The Morgan fingerprint density at radius 2 is 0.625 bits per heavy atom. The van der Waals surface area contributed by atoms with Gasteiger partial charge in [-0.1, -0.05) is 55.4 Å². The van der Waals surface area contributed by atoms with Crippen LogP contribution >= 0.6 is 23.5 Å². The predicted molar refractivity (Wildman–Crippen MR) is 301 cm³/mol. The van der Waals surface area contributed by atoms with Gasteiger partial charge >= 0.3 is 24.7 Å². The van der Waals surface area contributed by atoms with Gasteiger partial charge < -0.3 is 38.6 Å². The molecule has 6 aliphatic rings. The number of ether oxygens (including phenoxy) is 6. The molecule has 0 radical (unpaired) electrons. The van der Waals surface area contributed by atoms with Crippen LogP contribution in [0.4, 0.5) is 70.2 Å². The number of aliphatic hydroxyl groups is 2. The molecule has 0 bridgehead atoms. The number of halogens is 16. The zero-order valence-corrected chi connectivity index (χ0v) is 51.8. The smallest absolute Gasteiger partial charge is 0.419 e. The summed E-state index contributed by atoms with van der Waals surface area (Å²) in [6.07, 6.45) is -14.7. The third-order valence-corrected chi connectivity index (χ3v) is 18.2. The van der Waals surface area contributed by atoms with Crippen LogP contribution in [0.25, 0.3) is 0 Å². The highest BCUT2D eigenvalue weighted by Gasteiger charge is 2.68. The molecule has 4 aromatic carbocycles. The fourth-order valence-corrected chi connectivity index (χ4v) is 13.7. The van der Waals surface area contributed by atoms with E-state index in [1.807, 2.05) is 0 Å². The summed E-state index contributed by atoms with van der Waals surface area (Å²) >= 11 is 1.85. The van der Waals surface area contributed by atoms with Crippen molar-refractivity contribution in [3.63, 3.8) is 0 Å². The van der Waals surface area contributed by atoms with E-state index in [4.69, 9.17) is 28.4 Å². The SMILES string of the molecule is CC(C)(C[C@@]1(C(F)(F)F)CO1)c1cc(F)cc2c1OCC2.CC(C)(C[C@]1(C(F)(F)F)CO1)c1cc(F)cc2c1OCC2.CSC[C@@](O)(CC(C)(C)c1cc(F)cc2c1OCC2)C(F)(F)F.CSC[C@](O)(CC(C)(C)c1cc(F)cc2c1OCC2)C(F)(F)F. The highest BCUT2D eigenvalue weighted by atomic mass is 32.2. The number of epoxide rings is 2. The molecule has 88 heavy (non-hydrogen) atoms. The monoisotopic (exact) mass is 1310 g/mol. The van der Waals surface area contributed by atoms with Crippen LogP contribution in [0.2, 0.25) is 0 Å². The van der Waals surface area contributed by atoms with E-state index < -0.39 is 116 Å². The zero-order chi connectivity index (χ0) is 65.9. The average Bonchev–Trinajstić information content (AvgIpc) is 1.62. The third kappa shape index (κ3) is 15.3. The van der Waals surface area contributed by atoms with Gasteiger partial charge in [-0.15, -0.1) is 0 Å². The Morgan fingerprint density at radius 3 is 0.818 bits per heavy atom. The molecular formula is C62H72F16O8S2. The predicted octanol–water partition coefficient (Wildman–Crippen LogP) is 15.7. The lowest BCUT2D eigenvalue weighted by Gasteiger charge is -2.38. The number of hydrogen-bond donors (Lipinski definition) is 2. The molecule has 0 unspecified atom stereocenters. The standard InChI is InChI=1S/2C16H20F4O2S.2C15H16F4O2/c2*1-14(2,8-15(21,9-23-3)16(18,19)20)12-7-11(17)6-10-4-5-22-13(10)12;2*1-13(2,7-14(8-21-14)15(17,18)19)11-6-10(16)5-9-3-4-20-12(9)11/h2*6-7,21H,4-5,8-9H2,1-3H3;2*5-6H,3-4,7-8H2,1-2H3/t2*15-;2*14-/m1010/s1. The van der Waals surface area contributed by atoms with E-state index in [-0.39, 0.29) is 26.1 Å². The largest absolute Gasteiger partial charge is 0.493 e. The van der Waals surface area contributed by atoms with Crippen LogP contribution in [-0.2, 0) is 56.8 Å². The summed E-state index contributed by atoms with van der Waals surface area (Å²) in [7, 11) is 0. The van der Waals surface area contributed by atoms with Crippen molar-refractivity contribution in [2.24, 2.45) is 0 Å². The van der Waals surface area contributed by atoms with Crippen molar-refractivity contribution in [1.29, 1.82) is 0 Å². The van der Waals surface area contributed by atoms with E-state index >= 15 is 0 Å². The summed E-state index contributed by atoms with van der Waals surface area (Å²) in [4.78, 5) is 0. The second-order valence-corrected chi connectivity index (χ2v) is 27.6. The molecule has 0 amide bonds. The van der Waals surface area contributed by atoms with Gasteiger partial charge in [0.15, 0.2) is 22.4 Å². The summed E-state index contributed by atoms with van der Waals surface area (Å²) in [5.41, 5.74) is -9.43. The van der Waals surface area contributed by atoms with Gasteiger partial charge in [0.05, 0.1) is 39.6 Å². The zero-order valence-electron chi connectivity index (χ0n) is 50.1. The molecule has 4 aromatic rings. The fraction of sp³-hybridized carbons (Fsp3) is 0.613. The summed E-state index contributed by atoms with van der Waals surface area (Å²) in [5.74, 6) is -0.888. The van der Waals surface area contributed by atoms with Gasteiger partial charge in [-0.3, -0.25) is 0 Å². The Kier molecular flexibility index (Phi) is 20.3. The normalized spacial score (nSPS) is 21.0. The molecule has 2 saturated heterocycles. The van der Waals surface area contributed by atoms with Gasteiger partial charge in [0.2, 0.25) is 0 Å². The maximum atomic E-state index is 13.8. The number of benzene rings is 4. The lowest BCUT2D eigenvalue weighted by Crippen LogP contribution is -2.51. The van der Waals surface area contributed by atoms with E-state index in [9.17, 15) is 80.5 Å². The molecule has 6 heterocycles. The number of thioether (sulfide) groups is 2. The van der Waals surface area contributed by atoms with Crippen LogP contribution in [0.3, 0.4) is 0 Å². The minimum absolute atomic E-state index is 0.247. The Hall–Kier alpha value is -4.50. The number of alkyl halides is 12. The fourth-order valence-electron chi connectivity index (χ4n) is 12.2. The Balaban J connectivity index is 0.000000167. The van der Waals surface area contributed by atoms with Gasteiger partial charge in [-0.25, -0.2) is 17.6 Å². The molecular weight excluding hydrogens is 1240 g/mol. The Morgan fingerprint density at radius 1 is 0.398 bits per heavy atom. The van der Waals surface area contributed by atoms with E-state index in [0.29, 0.717) is 108 Å². The Bertz CT molecular complexity index is 2940. The molecule has 4 atom stereocenters. The quantitative estimate of drug-likeness (QED) is 0.0833. The molecule has 26 heteroatoms. The lowest BCUT2D eigenvalue weighted by atomic mass is 9.74. The number of rotatable bonds is 16. The average molecular weight is 1310 g/mol. The number of fused-ring (bicyclic) bond motifs is 4. The first-order valence-electron chi connectivity index (χ1n) is 28.1. The molecule has 2 fully saturated rings. The second kappa shape index (κ2) is 25.2. The molecule has 0 aromatic heterocycles. The van der Waals surface area contributed by atoms with E-state index in [2.05, 4.69) is 0 Å². The number of hydrogen-bond acceptors (Lipinski definition) is 10. The van der Waals surface area contributed by atoms with Crippen molar-refractivity contribution < 1.29 is 109 Å². The van der Waals surface area contributed by atoms with Crippen molar-refractivity contribution >= 4 is 23.5 Å². The second-order valence-electron chi connectivity index (χ2n) is 25.9. The molecule has 2 N–H and O–H groups in total. The molecule has 0 aliphatic carbocycles. The van der Waals surface area contributed by atoms with Gasteiger partial charge in [-0.05, 0) is 108 Å². The first-order chi connectivity index (χ1) is 40.3. The van der Waals surface area contributed by atoms with Crippen LogP contribution in [-0.4, -0.2) is 121 Å². The lowest BCUT2D eigenvalue weighted by molar-refractivity contribution is -0.256. The molecule has 10 rings (SSSR count). The molecule has 0 spiro atoms. The van der Waals surface area contributed by atoms with Crippen LogP contribution < -0.4 is 18.9 Å². The van der Waals surface area contributed by atoms with Crippen molar-refractivity contribution in [1.82, 2.24) is 0 Å². The first-order valence-corrected chi connectivity index (χ1v) is 30.9. The molecule has 6 aliphatic heterocycles. The van der Waals surface area contributed by atoms with E-state index in [1.54, 1.807) is 55.4 Å². The van der Waals surface area contributed by atoms with Crippen LogP contribution in [0.15, 0.2) is 48.5 Å². The van der Waals surface area contributed by atoms with Crippen LogP contribution in [0.5, 0.6) is 23.0 Å². The Labute approximate surface area is 509 Å². The molecule has 0 saturated carbocycles. The van der Waals surface area contributed by atoms with Crippen molar-refractivity contribution in [2.75, 3.05) is 63.7 Å². The van der Waals surface area contributed by atoms with Gasteiger partial charge in [-0.2, -0.15) is 76.2 Å². The maximum Gasteiger partial charge on any atom is 0.419 e. The minimum Gasteiger partial charge on any atom is -0.493 e.